The number of carboxylic acids is 1. The first kappa shape index (κ1) is 21.9. The van der Waals surface area contributed by atoms with Crippen molar-refractivity contribution in [3.63, 3.8) is 0 Å². The Labute approximate surface area is 203 Å². The molecule has 5 rings (SSSR count). The molecule has 2 aromatic carbocycles. The summed E-state index contributed by atoms with van der Waals surface area (Å²) in [6.45, 7) is 4.15. The molecule has 0 aliphatic carbocycles. The number of hydrogen-bond donors (Lipinski definition) is 2. The van der Waals surface area contributed by atoms with Gasteiger partial charge in [0.2, 0.25) is 0 Å². The fraction of sp³-hybridized carbons (Fsp3) is 0.148. The maximum atomic E-state index is 11.3. The van der Waals surface area contributed by atoms with E-state index in [4.69, 9.17) is 12.2 Å². The zero-order valence-corrected chi connectivity index (χ0v) is 19.7. The molecule has 2 aromatic heterocycles. The maximum absolute atomic E-state index is 11.3. The average molecular weight is 469 g/mol. The van der Waals surface area contributed by atoms with Crippen LogP contribution in [0.1, 0.15) is 45.1 Å². The smallest absolute Gasteiger partial charge is 0.335 e. The summed E-state index contributed by atoms with van der Waals surface area (Å²) in [5, 5.41) is 13.4. The van der Waals surface area contributed by atoms with Crippen LogP contribution < -0.4 is 10.2 Å². The summed E-state index contributed by atoms with van der Waals surface area (Å²) in [7, 11) is 0. The van der Waals surface area contributed by atoms with Gasteiger partial charge in [-0.15, -0.1) is 0 Å². The van der Waals surface area contributed by atoms with E-state index < -0.39 is 5.97 Å². The van der Waals surface area contributed by atoms with Crippen LogP contribution in [0.15, 0.2) is 85.1 Å². The number of nitrogens with zero attached hydrogens (tertiary/aromatic N) is 3. The molecule has 1 aliphatic heterocycles. The number of carboxylic acid groups (broad SMARTS) is 1. The van der Waals surface area contributed by atoms with Gasteiger partial charge in [-0.2, -0.15) is 0 Å². The van der Waals surface area contributed by atoms with Crippen molar-refractivity contribution in [2.45, 2.75) is 25.9 Å². The molecule has 2 N–H and O–H groups in total. The van der Waals surface area contributed by atoms with E-state index in [1.165, 1.54) is 0 Å². The molecule has 2 atom stereocenters. The normalized spacial score (nSPS) is 17.6. The Kier molecular flexibility index (Phi) is 5.63. The van der Waals surface area contributed by atoms with Crippen LogP contribution in [-0.4, -0.2) is 25.7 Å². The Morgan fingerprint density at radius 3 is 2.32 bits per heavy atom. The van der Waals surface area contributed by atoms with Crippen molar-refractivity contribution in [3.8, 4) is 5.69 Å². The van der Waals surface area contributed by atoms with Gasteiger partial charge in [0.25, 0.3) is 0 Å². The molecule has 1 aliphatic rings. The van der Waals surface area contributed by atoms with E-state index in [0.717, 1.165) is 34.0 Å². The molecule has 3 heterocycles. The second-order valence-electron chi connectivity index (χ2n) is 8.35. The largest absolute Gasteiger partial charge is 0.478 e. The van der Waals surface area contributed by atoms with Crippen molar-refractivity contribution in [2.24, 2.45) is 0 Å². The summed E-state index contributed by atoms with van der Waals surface area (Å²) in [5.41, 5.74) is 6.37. The Hall–Kier alpha value is -3.97. The predicted molar refractivity (Wildman–Crippen MR) is 137 cm³/mol. The molecule has 170 valence electrons. The number of aromatic carboxylic acids is 1. The second-order valence-corrected chi connectivity index (χ2v) is 8.73. The number of hydrogen-bond acceptors (Lipinski definition) is 3. The van der Waals surface area contributed by atoms with Crippen LogP contribution in [-0.2, 0) is 0 Å². The van der Waals surface area contributed by atoms with Crippen molar-refractivity contribution < 1.29 is 9.90 Å². The molecule has 0 amide bonds. The van der Waals surface area contributed by atoms with Crippen LogP contribution in [0, 0.1) is 13.8 Å². The highest BCUT2D eigenvalue weighted by molar-refractivity contribution is 7.80. The first-order valence-corrected chi connectivity index (χ1v) is 11.4. The minimum atomic E-state index is -0.935. The van der Waals surface area contributed by atoms with Gasteiger partial charge in [0.05, 0.1) is 23.3 Å². The van der Waals surface area contributed by atoms with E-state index >= 15 is 0 Å². The van der Waals surface area contributed by atoms with Crippen molar-refractivity contribution in [2.75, 3.05) is 4.90 Å². The number of thiocarbonyl (C=S) groups is 1. The van der Waals surface area contributed by atoms with Crippen molar-refractivity contribution in [3.05, 3.63) is 113 Å². The van der Waals surface area contributed by atoms with Gasteiger partial charge in [-0.25, -0.2) is 4.79 Å². The lowest BCUT2D eigenvalue weighted by molar-refractivity contribution is 0.0697. The Morgan fingerprint density at radius 1 is 0.971 bits per heavy atom. The average Bonchev–Trinajstić information content (AvgIpc) is 3.35. The number of carbonyl (C=O) groups is 1. The number of rotatable bonds is 5. The molecule has 0 saturated carbocycles. The van der Waals surface area contributed by atoms with Crippen LogP contribution in [0.4, 0.5) is 5.69 Å². The minimum absolute atomic E-state index is 0.108. The number of nitrogens with one attached hydrogen (secondary N) is 1. The van der Waals surface area contributed by atoms with Gasteiger partial charge >= 0.3 is 5.97 Å². The third-order valence-corrected chi connectivity index (χ3v) is 6.61. The minimum Gasteiger partial charge on any atom is -0.478 e. The monoisotopic (exact) mass is 468 g/mol. The maximum Gasteiger partial charge on any atom is 0.335 e. The summed E-state index contributed by atoms with van der Waals surface area (Å²) in [5.74, 6) is -0.935. The third kappa shape index (κ3) is 3.74. The van der Waals surface area contributed by atoms with Crippen molar-refractivity contribution in [1.29, 1.82) is 0 Å². The summed E-state index contributed by atoms with van der Waals surface area (Å²) >= 11 is 5.82. The highest BCUT2D eigenvalue weighted by Crippen LogP contribution is 2.43. The topological polar surface area (TPSA) is 70.4 Å². The van der Waals surface area contributed by atoms with E-state index in [-0.39, 0.29) is 17.6 Å². The SMILES string of the molecule is Cc1cc(C2C(c3ccccn3)NC(=S)N2c2ccccc2)c(C)n1-c1ccc(C(=O)O)cc1. The van der Waals surface area contributed by atoms with Gasteiger partial charge in [-0.1, -0.05) is 24.3 Å². The molecule has 0 spiro atoms. The standard InChI is InChI=1S/C27H24N4O2S/c1-17-16-22(18(2)30(17)21-13-11-19(12-14-21)26(32)33)25-24(23-10-6-7-15-28-23)29-27(34)31(25)20-8-4-3-5-9-20/h3-16,24-25H,1-2H3,(H,29,34)(H,32,33). The van der Waals surface area contributed by atoms with E-state index in [2.05, 4.69) is 51.8 Å². The zero-order chi connectivity index (χ0) is 23.8. The lowest BCUT2D eigenvalue weighted by Gasteiger charge is -2.28. The Morgan fingerprint density at radius 2 is 1.68 bits per heavy atom. The van der Waals surface area contributed by atoms with E-state index in [9.17, 15) is 9.90 Å². The number of aryl methyl sites for hydroxylation is 1. The van der Waals surface area contributed by atoms with Gasteiger partial charge in [0.1, 0.15) is 0 Å². The van der Waals surface area contributed by atoms with Gasteiger partial charge < -0.3 is 19.9 Å². The van der Waals surface area contributed by atoms with E-state index in [0.29, 0.717) is 5.11 Å². The van der Waals surface area contributed by atoms with Gasteiger partial charge in [0, 0.05) is 29.0 Å². The summed E-state index contributed by atoms with van der Waals surface area (Å²) in [6.07, 6.45) is 1.80. The Bertz CT molecular complexity index is 1350. The molecule has 4 aromatic rings. The zero-order valence-electron chi connectivity index (χ0n) is 18.8. The van der Waals surface area contributed by atoms with Crippen LogP contribution in [0.25, 0.3) is 5.69 Å². The number of benzene rings is 2. The lowest BCUT2D eigenvalue weighted by Crippen LogP contribution is -2.29. The molecular formula is C27H24N4O2S. The fourth-order valence-electron chi connectivity index (χ4n) is 4.78. The quantitative estimate of drug-likeness (QED) is 0.384. The lowest BCUT2D eigenvalue weighted by atomic mass is 9.96. The molecular weight excluding hydrogens is 444 g/mol. The number of pyridine rings is 1. The third-order valence-electron chi connectivity index (χ3n) is 6.29. The molecule has 1 fully saturated rings. The Balaban J connectivity index is 1.65. The highest BCUT2D eigenvalue weighted by Gasteiger charge is 2.42. The molecule has 2 unspecified atom stereocenters. The first-order chi connectivity index (χ1) is 16.5. The second kappa shape index (κ2) is 8.76. The number of para-hydroxylation sites is 1. The van der Waals surface area contributed by atoms with Gasteiger partial charge in [-0.05, 0) is 86.2 Å². The van der Waals surface area contributed by atoms with Crippen LogP contribution in [0.2, 0.25) is 0 Å². The van der Waals surface area contributed by atoms with Crippen molar-refractivity contribution in [1.82, 2.24) is 14.9 Å². The summed E-state index contributed by atoms with van der Waals surface area (Å²) < 4.78 is 2.15. The van der Waals surface area contributed by atoms with Gasteiger partial charge in [0.15, 0.2) is 5.11 Å². The predicted octanol–water partition coefficient (Wildman–Crippen LogP) is 5.36. The molecule has 0 radical (unpaired) electrons. The van der Waals surface area contributed by atoms with Gasteiger partial charge in [-0.3, -0.25) is 4.98 Å². The molecule has 7 heteroatoms. The van der Waals surface area contributed by atoms with E-state index in [1.807, 2.05) is 48.5 Å². The molecule has 0 bridgehead atoms. The fourth-order valence-corrected chi connectivity index (χ4v) is 5.12. The number of aromatic nitrogens is 2. The van der Waals surface area contributed by atoms with Crippen molar-refractivity contribution >= 4 is 29.0 Å². The summed E-state index contributed by atoms with van der Waals surface area (Å²) in [4.78, 5) is 18.1. The highest BCUT2D eigenvalue weighted by atomic mass is 32.1. The van der Waals surface area contributed by atoms with Crippen LogP contribution in [0.3, 0.4) is 0 Å². The van der Waals surface area contributed by atoms with Crippen LogP contribution >= 0.6 is 12.2 Å². The molecule has 6 nitrogen and oxygen atoms in total. The summed E-state index contributed by atoms with van der Waals surface area (Å²) in [6, 6.07) is 25.0. The van der Waals surface area contributed by atoms with Crippen LogP contribution in [0.5, 0.6) is 0 Å². The number of anilines is 1. The first-order valence-electron chi connectivity index (χ1n) is 11.0. The van der Waals surface area contributed by atoms with E-state index in [1.54, 1.807) is 18.3 Å². The molecule has 34 heavy (non-hydrogen) atoms. The molecule has 1 saturated heterocycles.